The second kappa shape index (κ2) is 6.18. The van der Waals surface area contributed by atoms with Crippen LogP contribution in [0.25, 0.3) is 0 Å². The normalized spacial score (nSPS) is 13.0. The van der Waals surface area contributed by atoms with Gasteiger partial charge in [0.2, 0.25) is 0 Å². The van der Waals surface area contributed by atoms with Crippen molar-refractivity contribution in [2.24, 2.45) is 0 Å². The van der Waals surface area contributed by atoms with Gasteiger partial charge >= 0.3 is 6.18 Å². The molecule has 0 saturated heterocycles. The number of hydrogen-bond acceptors (Lipinski definition) is 4. The summed E-state index contributed by atoms with van der Waals surface area (Å²) in [5, 5.41) is 5.93. The summed E-state index contributed by atoms with van der Waals surface area (Å²) in [6.07, 6.45) is -4.70. The first-order valence-electron chi connectivity index (χ1n) is 6.25. The molecule has 118 valence electrons. The summed E-state index contributed by atoms with van der Waals surface area (Å²) in [6.45, 7) is 1.64. The maximum atomic E-state index is 13.0. The van der Waals surface area contributed by atoms with Crippen LogP contribution in [0.4, 0.5) is 19.0 Å². The van der Waals surface area contributed by atoms with E-state index < -0.39 is 23.8 Å². The third-order valence-electron chi connectivity index (χ3n) is 3.01. The van der Waals surface area contributed by atoms with Crippen LogP contribution in [-0.4, -0.2) is 18.2 Å². The largest absolute Gasteiger partial charge is 0.416 e. The molecule has 0 aliphatic heterocycles. The van der Waals surface area contributed by atoms with Crippen molar-refractivity contribution in [3.63, 3.8) is 0 Å². The van der Waals surface area contributed by atoms with Crippen molar-refractivity contribution in [1.29, 1.82) is 0 Å². The number of hydrogen-bond donors (Lipinski definition) is 1. The molecule has 0 bridgehead atoms. The first-order chi connectivity index (χ1) is 10.3. The minimum atomic E-state index is -4.59. The quantitative estimate of drug-likeness (QED) is 0.940. The van der Waals surface area contributed by atoms with Gasteiger partial charge < -0.3 is 14.6 Å². The summed E-state index contributed by atoms with van der Waals surface area (Å²) in [5.41, 5.74) is -0.641. The first kappa shape index (κ1) is 16.0. The summed E-state index contributed by atoms with van der Waals surface area (Å²) >= 11 is 0. The lowest BCUT2D eigenvalue weighted by atomic mass is 10.0. The van der Waals surface area contributed by atoms with E-state index in [-0.39, 0.29) is 11.4 Å². The number of anilines is 1. The Morgan fingerprint density at radius 1 is 1.36 bits per heavy atom. The van der Waals surface area contributed by atoms with Crippen molar-refractivity contribution < 1.29 is 27.2 Å². The molecule has 0 radical (unpaired) electrons. The van der Waals surface area contributed by atoms with Crippen molar-refractivity contribution >= 4 is 11.7 Å². The smallest absolute Gasteiger partial charge is 0.367 e. The number of methoxy groups -OCH3 is 1. The number of nitrogens with one attached hydrogen (secondary N) is 1. The van der Waals surface area contributed by atoms with Crippen LogP contribution in [0.2, 0.25) is 0 Å². The third kappa shape index (κ3) is 3.28. The Kier molecular flexibility index (Phi) is 4.51. The standard InChI is InChI=1S/C14H13F3N2O3/c1-8-7-22-19-12(8)18-13(20)11(21-2)9-5-3-4-6-10(9)14(15,16)17/h3-7,11H,1-2H3,(H,18,19,20). The predicted molar refractivity (Wildman–Crippen MR) is 71.1 cm³/mol. The van der Waals surface area contributed by atoms with Gasteiger partial charge in [0, 0.05) is 18.2 Å². The lowest BCUT2D eigenvalue weighted by molar-refractivity contribution is -0.140. The number of amides is 1. The minimum Gasteiger partial charge on any atom is -0.367 e. The van der Waals surface area contributed by atoms with Gasteiger partial charge in [-0.15, -0.1) is 0 Å². The van der Waals surface area contributed by atoms with Gasteiger partial charge in [-0.25, -0.2) is 0 Å². The Labute approximate surface area is 124 Å². The minimum absolute atomic E-state index is 0.136. The van der Waals surface area contributed by atoms with Crippen molar-refractivity contribution in [1.82, 2.24) is 5.16 Å². The van der Waals surface area contributed by atoms with Gasteiger partial charge in [-0.1, -0.05) is 23.4 Å². The van der Waals surface area contributed by atoms with E-state index in [1.807, 2.05) is 0 Å². The van der Waals surface area contributed by atoms with Crippen LogP contribution < -0.4 is 5.32 Å². The molecule has 1 unspecified atom stereocenters. The zero-order valence-corrected chi connectivity index (χ0v) is 11.8. The lowest BCUT2D eigenvalue weighted by Gasteiger charge is -2.19. The average Bonchev–Trinajstić information content (AvgIpc) is 2.84. The maximum Gasteiger partial charge on any atom is 0.416 e. The number of aryl methyl sites for hydroxylation is 1. The summed E-state index contributed by atoms with van der Waals surface area (Å²) in [6, 6.07) is 4.76. The van der Waals surface area contributed by atoms with E-state index in [9.17, 15) is 18.0 Å². The van der Waals surface area contributed by atoms with Crippen LogP contribution in [0.15, 0.2) is 35.1 Å². The molecule has 5 nitrogen and oxygen atoms in total. The molecule has 2 aromatic rings. The Balaban J connectivity index is 2.33. The van der Waals surface area contributed by atoms with E-state index in [4.69, 9.17) is 4.74 Å². The molecule has 22 heavy (non-hydrogen) atoms. The van der Waals surface area contributed by atoms with Gasteiger partial charge in [-0.2, -0.15) is 13.2 Å². The fraction of sp³-hybridized carbons (Fsp3) is 0.286. The molecule has 1 heterocycles. The summed E-state index contributed by atoms with van der Waals surface area (Å²) in [7, 11) is 1.16. The Bertz CT molecular complexity index is 667. The van der Waals surface area contributed by atoms with Crippen LogP contribution in [0.3, 0.4) is 0 Å². The van der Waals surface area contributed by atoms with Gasteiger partial charge in [0.1, 0.15) is 6.26 Å². The van der Waals surface area contributed by atoms with Gasteiger partial charge in [-0.05, 0) is 13.0 Å². The monoisotopic (exact) mass is 314 g/mol. The molecule has 1 amide bonds. The predicted octanol–water partition coefficient (Wildman–Crippen LogP) is 3.33. The highest BCUT2D eigenvalue weighted by molar-refractivity contribution is 5.94. The van der Waals surface area contributed by atoms with Crippen LogP contribution in [-0.2, 0) is 15.7 Å². The molecule has 1 N–H and O–H groups in total. The fourth-order valence-electron chi connectivity index (χ4n) is 1.95. The average molecular weight is 314 g/mol. The van der Waals surface area contributed by atoms with Crippen molar-refractivity contribution in [2.45, 2.75) is 19.2 Å². The van der Waals surface area contributed by atoms with E-state index >= 15 is 0 Å². The maximum absolute atomic E-state index is 13.0. The van der Waals surface area contributed by atoms with Crippen molar-refractivity contribution in [2.75, 3.05) is 12.4 Å². The fourth-order valence-corrected chi connectivity index (χ4v) is 1.95. The number of ether oxygens (including phenoxy) is 1. The summed E-state index contributed by atoms with van der Waals surface area (Å²) in [5.74, 6) is -0.632. The molecule has 0 fully saturated rings. The number of halogens is 3. The second-order valence-electron chi connectivity index (χ2n) is 4.54. The van der Waals surface area contributed by atoms with E-state index in [2.05, 4.69) is 15.0 Å². The van der Waals surface area contributed by atoms with Gasteiger partial charge in [0.15, 0.2) is 11.9 Å². The molecular weight excluding hydrogens is 301 g/mol. The Hall–Kier alpha value is -2.35. The first-order valence-corrected chi connectivity index (χ1v) is 6.25. The van der Waals surface area contributed by atoms with Crippen molar-refractivity contribution in [3.05, 3.63) is 47.2 Å². The molecule has 0 saturated carbocycles. The molecule has 2 rings (SSSR count). The van der Waals surface area contributed by atoms with Crippen molar-refractivity contribution in [3.8, 4) is 0 Å². The Morgan fingerprint density at radius 3 is 2.59 bits per heavy atom. The lowest BCUT2D eigenvalue weighted by Crippen LogP contribution is -2.25. The highest BCUT2D eigenvalue weighted by atomic mass is 19.4. The molecular formula is C14H13F3N2O3. The van der Waals surface area contributed by atoms with Gasteiger partial charge in [0.25, 0.3) is 5.91 Å². The number of nitrogens with zero attached hydrogens (tertiary/aromatic N) is 1. The number of carbonyl (C=O) groups is 1. The number of carbonyl (C=O) groups excluding carboxylic acids is 1. The van der Waals surface area contributed by atoms with Crippen LogP contribution in [0.1, 0.15) is 22.8 Å². The highest BCUT2D eigenvalue weighted by Crippen LogP contribution is 2.35. The van der Waals surface area contributed by atoms with E-state index in [1.54, 1.807) is 6.92 Å². The number of rotatable bonds is 4. The second-order valence-corrected chi connectivity index (χ2v) is 4.54. The Morgan fingerprint density at radius 2 is 2.05 bits per heavy atom. The third-order valence-corrected chi connectivity index (χ3v) is 3.01. The summed E-state index contributed by atoms with van der Waals surface area (Å²) in [4.78, 5) is 12.2. The molecule has 0 aliphatic rings. The van der Waals surface area contributed by atoms with Crippen LogP contribution in [0.5, 0.6) is 0 Å². The van der Waals surface area contributed by atoms with Gasteiger partial charge in [-0.3, -0.25) is 4.79 Å². The zero-order valence-electron chi connectivity index (χ0n) is 11.8. The van der Waals surface area contributed by atoms with E-state index in [0.717, 1.165) is 13.2 Å². The number of benzene rings is 1. The number of alkyl halides is 3. The molecule has 8 heteroatoms. The summed E-state index contributed by atoms with van der Waals surface area (Å²) < 4.78 is 48.7. The highest BCUT2D eigenvalue weighted by Gasteiger charge is 2.37. The molecule has 1 atom stereocenters. The topological polar surface area (TPSA) is 64.4 Å². The van der Waals surface area contributed by atoms with E-state index in [0.29, 0.717) is 5.56 Å². The molecule has 1 aromatic heterocycles. The SMILES string of the molecule is COC(C(=O)Nc1nocc1C)c1ccccc1C(F)(F)F. The zero-order chi connectivity index (χ0) is 16.3. The number of aromatic nitrogens is 1. The van der Waals surface area contributed by atoms with Gasteiger partial charge in [0.05, 0.1) is 5.56 Å². The molecule has 0 aliphatic carbocycles. The van der Waals surface area contributed by atoms with Crippen LogP contribution in [0, 0.1) is 6.92 Å². The molecule has 0 spiro atoms. The van der Waals surface area contributed by atoms with E-state index in [1.165, 1.54) is 24.5 Å². The van der Waals surface area contributed by atoms with Crippen LogP contribution >= 0.6 is 0 Å². The molecule has 1 aromatic carbocycles.